The summed E-state index contributed by atoms with van der Waals surface area (Å²) in [6.07, 6.45) is 12.5. The third-order valence-electron chi connectivity index (χ3n) is 6.13. The van der Waals surface area contributed by atoms with Crippen molar-refractivity contribution >= 4 is 29.3 Å². The fourth-order valence-electron chi connectivity index (χ4n) is 4.08. The Balaban J connectivity index is 1.44. The Morgan fingerprint density at radius 3 is 2.73 bits per heavy atom. The molecule has 0 aliphatic carbocycles. The number of aromatic carboxylic acids is 1. The van der Waals surface area contributed by atoms with Crippen LogP contribution in [0.25, 0.3) is 6.08 Å². The lowest BCUT2D eigenvalue weighted by molar-refractivity contribution is -0.127. The van der Waals surface area contributed by atoms with Gasteiger partial charge in [-0.1, -0.05) is 61.9 Å². The number of hydrogen-bond donors (Lipinski definition) is 2. The van der Waals surface area contributed by atoms with E-state index in [2.05, 4.69) is 31.2 Å². The van der Waals surface area contributed by atoms with Gasteiger partial charge in [-0.05, 0) is 55.4 Å². The summed E-state index contributed by atoms with van der Waals surface area (Å²) in [5, 5.41) is 19.6. The molecule has 2 aromatic rings. The highest BCUT2D eigenvalue weighted by Gasteiger charge is 2.28. The largest absolute Gasteiger partial charge is 0.477 e. The van der Waals surface area contributed by atoms with Crippen LogP contribution in [0.1, 0.15) is 59.1 Å². The van der Waals surface area contributed by atoms with Crippen LogP contribution in [0.15, 0.2) is 60.7 Å². The summed E-state index contributed by atoms with van der Waals surface area (Å²) in [7, 11) is 0. The molecule has 1 aliphatic heterocycles. The summed E-state index contributed by atoms with van der Waals surface area (Å²) >= 11 is 1.21. The van der Waals surface area contributed by atoms with E-state index in [-0.39, 0.29) is 17.9 Å². The van der Waals surface area contributed by atoms with Crippen molar-refractivity contribution in [2.75, 3.05) is 6.54 Å². The second-order valence-corrected chi connectivity index (χ2v) is 9.76. The maximum Gasteiger partial charge on any atom is 0.345 e. The fraction of sp³-hybridized carbons (Fsp3) is 0.407. The number of aliphatic hydroxyl groups excluding tert-OH is 1. The molecule has 5 nitrogen and oxygen atoms in total. The molecule has 0 spiro atoms. The Kier molecular flexibility index (Phi) is 9.46. The lowest BCUT2D eigenvalue weighted by Gasteiger charge is -2.22. The third kappa shape index (κ3) is 7.69. The predicted molar refractivity (Wildman–Crippen MR) is 133 cm³/mol. The molecule has 1 aromatic heterocycles. The van der Waals surface area contributed by atoms with E-state index >= 15 is 0 Å². The van der Waals surface area contributed by atoms with Gasteiger partial charge in [0.2, 0.25) is 5.91 Å². The van der Waals surface area contributed by atoms with Crippen molar-refractivity contribution in [2.45, 2.75) is 57.6 Å². The molecule has 2 N–H and O–H groups in total. The molecule has 0 saturated carbocycles. The van der Waals surface area contributed by atoms with Crippen molar-refractivity contribution in [1.29, 1.82) is 0 Å². The molecular weight excluding hydrogens is 434 g/mol. The maximum absolute atomic E-state index is 12.3. The van der Waals surface area contributed by atoms with Gasteiger partial charge in [0.05, 0.1) is 12.1 Å². The summed E-state index contributed by atoms with van der Waals surface area (Å²) < 4.78 is 0. The van der Waals surface area contributed by atoms with Gasteiger partial charge in [0.15, 0.2) is 0 Å². The van der Waals surface area contributed by atoms with Gasteiger partial charge in [0.25, 0.3) is 0 Å². The number of hydrogen-bond acceptors (Lipinski definition) is 4. The quantitative estimate of drug-likeness (QED) is 0.323. The Hall–Kier alpha value is -2.70. The predicted octanol–water partition coefficient (Wildman–Crippen LogP) is 5.42. The fourth-order valence-corrected chi connectivity index (χ4v) is 4.85. The summed E-state index contributed by atoms with van der Waals surface area (Å²) in [5.41, 5.74) is 1.35. The molecule has 3 rings (SSSR count). The highest BCUT2D eigenvalue weighted by molar-refractivity contribution is 7.14. The number of aliphatic hydroxyl groups is 1. The van der Waals surface area contributed by atoms with E-state index in [0.29, 0.717) is 17.8 Å². The van der Waals surface area contributed by atoms with Gasteiger partial charge in [-0.25, -0.2) is 4.79 Å². The van der Waals surface area contributed by atoms with Crippen molar-refractivity contribution in [3.05, 3.63) is 76.0 Å². The number of carbonyl (C=O) groups is 2. The molecule has 0 bridgehead atoms. The van der Waals surface area contributed by atoms with Crippen molar-refractivity contribution in [3.8, 4) is 0 Å². The number of carboxylic acids is 1. The topological polar surface area (TPSA) is 77.8 Å². The number of rotatable bonds is 12. The Labute approximate surface area is 200 Å². The van der Waals surface area contributed by atoms with E-state index in [9.17, 15) is 14.7 Å². The van der Waals surface area contributed by atoms with Gasteiger partial charge in [-0.2, -0.15) is 0 Å². The first-order valence-electron chi connectivity index (χ1n) is 11.6. The smallest absolute Gasteiger partial charge is 0.345 e. The second kappa shape index (κ2) is 12.5. The van der Waals surface area contributed by atoms with E-state index in [1.54, 1.807) is 12.1 Å². The normalized spacial score (nSPS) is 18.4. The van der Waals surface area contributed by atoms with Crippen LogP contribution >= 0.6 is 11.3 Å². The van der Waals surface area contributed by atoms with Crippen LogP contribution in [0.3, 0.4) is 0 Å². The monoisotopic (exact) mass is 467 g/mol. The number of nitrogens with zero attached hydrogens (tertiary/aromatic N) is 1. The summed E-state index contributed by atoms with van der Waals surface area (Å²) in [5.74, 6) is -0.650. The van der Waals surface area contributed by atoms with Gasteiger partial charge in [-0.3, -0.25) is 4.79 Å². The number of carbonyl (C=O) groups excluding carboxylic acids is 1. The first-order chi connectivity index (χ1) is 15.9. The number of likely N-dealkylation sites (tertiary alicyclic amines) is 1. The molecule has 6 heteroatoms. The molecule has 1 fully saturated rings. The lowest BCUT2D eigenvalue weighted by Crippen LogP contribution is -2.32. The van der Waals surface area contributed by atoms with Crippen molar-refractivity contribution < 1.29 is 19.8 Å². The van der Waals surface area contributed by atoms with Crippen LogP contribution in [0.5, 0.6) is 0 Å². The number of carboxylic acid groups (broad SMARTS) is 1. The van der Waals surface area contributed by atoms with Crippen LogP contribution in [0, 0.1) is 5.92 Å². The molecule has 3 atom stereocenters. The molecule has 1 aliphatic rings. The lowest BCUT2D eigenvalue weighted by atomic mass is 9.95. The van der Waals surface area contributed by atoms with E-state index < -0.39 is 12.1 Å². The Bertz CT molecular complexity index is 966. The summed E-state index contributed by atoms with van der Waals surface area (Å²) in [4.78, 5) is 26.3. The average molecular weight is 468 g/mol. The van der Waals surface area contributed by atoms with E-state index in [1.807, 2.05) is 35.3 Å². The van der Waals surface area contributed by atoms with Crippen molar-refractivity contribution in [1.82, 2.24) is 4.90 Å². The zero-order valence-electron chi connectivity index (χ0n) is 19.1. The molecular formula is C27H33NO4S. The van der Waals surface area contributed by atoms with E-state index in [1.165, 1.54) is 16.9 Å². The van der Waals surface area contributed by atoms with Crippen LogP contribution in [0.2, 0.25) is 0 Å². The Morgan fingerprint density at radius 1 is 1.21 bits per heavy atom. The first-order valence-corrected chi connectivity index (χ1v) is 12.4. The number of thiophene rings is 1. The van der Waals surface area contributed by atoms with Gasteiger partial charge in [-0.15, -0.1) is 11.3 Å². The molecule has 0 unspecified atom stereocenters. The van der Waals surface area contributed by atoms with Crippen LogP contribution < -0.4 is 0 Å². The zero-order chi connectivity index (χ0) is 23.6. The number of amides is 1. The number of benzene rings is 1. The van der Waals surface area contributed by atoms with Crippen molar-refractivity contribution in [3.63, 3.8) is 0 Å². The van der Waals surface area contributed by atoms with Gasteiger partial charge < -0.3 is 15.1 Å². The van der Waals surface area contributed by atoms with Gasteiger partial charge >= 0.3 is 5.97 Å². The summed E-state index contributed by atoms with van der Waals surface area (Å²) in [6.45, 7) is 2.55. The van der Waals surface area contributed by atoms with Gasteiger partial charge in [0.1, 0.15) is 4.88 Å². The molecule has 0 radical (unpaired) electrons. The van der Waals surface area contributed by atoms with Gasteiger partial charge in [0, 0.05) is 17.8 Å². The standard InChI is InChI=1S/C27H33NO4S/c1-20(8-5-6-11-21-9-3-2-4-10-21)24(29)16-13-22-14-18-26(30)28(22)19-7-12-23-15-17-25(33-23)27(31)32/h2-4,7,9-10,12-13,15-17,20,22,24,29H,5-6,8,11,14,18-19H2,1H3,(H,31,32)/b12-7-,16-13+/t20-,22-,24+/m0/s1. The van der Waals surface area contributed by atoms with Crippen molar-refractivity contribution in [2.24, 2.45) is 5.92 Å². The van der Waals surface area contributed by atoms with Crippen LogP contribution in [-0.4, -0.2) is 45.7 Å². The minimum Gasteiger partial charge on any atom is -0.477 e. The molecule has 1 amide bonds. The molecule has 33 heavy (non-hydrogen) atoms. The van der Waals surface area contributed by atoms with Crippen LogP contribution in [0.4, 0.5) is 0 Å². The second-order valence-electron chi connectivity index (χ2n) is 8.65. The minimum atomic E-state index is -0.927. The summed E-state index contributed by atoms with van der Waals surface area (Å²) in [6, 6.07) is 13.8. The molecule has 176 valence electrons. The maximum atomic E-state index is 12.3. The molecule has 2 heterocycles. The SMILES string of the molecule is C[C@@H](CCCCc1ccccc1)[C@H](O)/C=C/[C@H]1CCC(=O)N1C/C=C\c1ccc(C(=O)O)s1. The Morgan fingerprint density at radius 2 is 2.00 bits per heavy atom. The average Bonchev–Trinajstić information content (AvgIpc) is 3.43. The highest BCUT2D eigenvalue weighted by Crippen LogP contribution is 2.23. The highest BCUT2D eigenvalue weighted by atomic mass is 32.1. The molecule has 1 aromatic carbocycles. The number of unbranched alkanes of at least 4 members (excludes halogenated alkanes) is 1. The third-order valence-corrected chi connectivity index (χ3v) is 7.17. The molecule has 1 saturated heterocycles. The number of aryl methyl sites for hydroxylation is 1. The van der Waals surface area contributed by atoms with E-state index in [0.717, 1.165) is 37.0 Å². The zero-order valence-corrected chi connectivity index (χ0v) is 19.9. The first kappa shape index (κ1) is 24.9. The minimum absolute atomic E-state index is 0.0139. The van der Waals surface area contributed by atoms with Crippen LogP contribution in [-0.2, 0) is 11.2 Å². The van der Waals surface area contributed by atoms with E-state index in [4.69, 9.17) is 5.11 Å².